The molecule has 1 heterocycles. The highest BCUT2D eigenvalue weighted by Crippen LogP contribution is 2.18. The molecule has 0 spiro atoms. The Hall–Kier alpha value is 0.270. The summed E-state index contributed by atoms with van der Waals surface area (Å²) < 4.78 is 5.54. The minimum absolute atomic E-state index is 0.455. The lowest BCUT2D eigenvalue weighted by molar-refractivity contribution is 0.0846. The second-order valence-corrected chi connectivity index (χ2v) is 4.14. The van der Waals surface area contributed by atoms with Crippen molar-refractivity contribution in [2.75, 3.05) is 19.3 Å². The fourth-order valence-corrected chi connectivity index (χ4v) is 2.08. The van der Waals surface area contributed by atoms with Crippen LogP contribution in [0.2, 0.25) is 0 Å². The zero-order chi connectivity index (χ0) is 8.97. The lowest BCUT2D eigenvalue weighted by atomic mass is 10.1. The van der Waals surface area contributed by atoms with Gasteiger partial charge in [-0.15, -0.1) is 0 Å². The maximum atomic E-state index is 5.54. The van der Waals surface area contributed by atoms with Gasteiger partial charge in [-0.3, -0.25) is 4.90 Å². The first-order chi connectivity index (χ1) is 5.74. The standard InChI is InChI=1S/C9H19NOS/c1-8(2)10-6-4-5-9(7-10)11-12-3/h8-9H,4-7H2,1-3H3. The molecule has 1 rings (SSSR count). The van der Waals surface area contributed by atoms with E-state index in [1.165, 1.54) is 31.4 Å². The number of nitrogens with zero attached hydrogens (tertiary/aromatic N) is 1. The molecule has 1 aliphatic heterocycles. The summed E-state index contributed by atoms with van der Waals surface area (Å²) in [5.41, 5.74) is 0. The van der Waals surface area contributed by atoms with Crippen LogP contribution in [-0.4, -0.2) is 36.4 Å². The van der Waals surface area contributed by atoms with Gasteiger partial charge in [0, 0.05) is 18.8 Å². The summed E-state index contributed by atoms with van der Waals surface area (Å²) in [6, 6.07) is 0.665. The summed E-state index contributed by atoms with van der Waals surface area (Å²) in [6.07, 6.45) is 4.96. The summed E-state index contributed by atoms with van der Waals surface area (Å²) in [6.45, 7) is 6.85. The fraction of sp³-hybridized carbons (Fsp3) is 1.00. The van der Waals surface area contributed by atoms with Crippen LogP contribution in [0.5, 0.6) is 0 Å². The van der Waals surface area contributed by atoms with E-state index in [0.29, 0.717) is 12.1 Å². The number of hydrogen-bond acceptors (Lipinski definition) is 3. The molecule has 1 aliphatic rings. The van der Waals surface area contributed by atoms with E-state index >= 15 is 0 Å². The molecule has 3 heteroatoms. The van der Waals surface area contributed by atoms with Gasteiger partial charge in [-0.2, -0.15) is 0 Å². The molecule has 0 aromatic rings. The quantitative estimate of drug-likeness (QED) is 0.631. The molecule has 72 valence electrons. The minimum Gasteiger partial charge on any atom is -0.311 e. The van der Waals surface area contributed by atoms with Crippen molar-refractivity contribution in [1.82, 2.24) is 4.90 Å². The SMILES string of the molecule is CSOC1CCCN(C(C)C)C1. The molecule has 0 amide bonds. The van der Waals surface area contributed by atoms with Gasteiger partial charge in [0.15, 0.2) is 0 Å². The van der Waals surface area contributed by atoms with E-state index in [2.05, 4.69) is 18.7 Å². The van der Waals surface area contributed by atoms with E-state index in [4.69, 9.17) is 4.18 Å². The first kappa shape index (κ1) is 10.4. The summed E-state index contributed by atoms with van der Waals surface area (Å²) >= 11 is 1.50. The van der Waals surface area contributed by atoms with Crippen molar-refractivity contribution < 1.29 is 4.18 Å². The molecule has 2 nitrogen and oxygen atoms in total. The van der Waals surface area contributed by atoms with E-state index in [1.807, 2.05) is 6.26 Å². The van der Waals surface area contributed by atoms with Crippen LogP contribution in [0, 0.1) is 0 Å². The van der Waals surface area contributed by atoms with Gasteiger partial charge in [0.25, 0.3) is 0 Å². The van der Waals surface area contributed by atoms with Crippen LogP contribution in [-0.2, 0) is 4.18 Å². The third-order valence-corrected chi connectivity index (χ3v) is 2.84. The monoisotopic (exact) mass is 189 g/mol. The van der Waals surface area contributed by atoms with Crippen molar-refractivity contribution >= 4 is 12.0 Å². The van der Waals surface area contributed by atoms with Crippen molar-refractivity contribution in [2.24, 2.45) is 0 Å². The number of rotatable bonds is 3. The van der Waals surface area contributed by atoms with Gasteiger partial charge in [0.1, 0.15) is 0 Å². The Morgan fingerprint density at radius 3 is 2.83 bits per heavy atom. The maximum Gasteiger partial charge on any atom is 0.0849 e. The molecule has 1 fully saturated rings. The largest absolute Gasteiger partial charge is 0.311 e. The van der Waals surface area contributed by atoms with Gasteiger partial charge in [-0.05, 0) is 45.3 Å². The Morgan fingerprint density at radius 1 is 1.50 bits per heavy atom. The van der Waals surface area contributed by atoms with Crippen molar-refractivity contribution in [2.45, 2.75) is 38.8 Å². The number of piperidine rings is 1. The van der Waals surface area contributed by atoms with Gasteiger partial charge < -0.3 is 4.18 Å². The number of likely N-dealkylation sites (tertiary alicyclic amines) is 1. The molecule has 0 aliphatic carbocycles. The molecule has 0 aromatic carbocycles. The zero-order valence-corrected chi connectivity index (χ0v) is 9.06. The first-order valence-electron chi connectivity index (χ1n) is 4.67. The van der Waals surface area contributed by atoms with Crippen LogP contribution in [0.15, 0.2) is 0 Å². The Bertz CT molecular complexity index is 128. The molecule has 0 bridgehead atoms. The molecule has 1 saturated heterocycles. The molecule has 1 unspecified atom stereocenters. The highest BCUT2D eigenvalue weighted by molar-refractivity contribution is 7.93. The maximum absolute atomic E-state index is 5.54. The molecular formula is C9H19NOS. The van der Waals surface area contributed by atoms with E-state index in [-0.39, 0.29) is 0 Å². The zero-order valence-electron chi connectivity index (χ0n) is 8.25. The lowest BCUT2D eigenvalue weighted by Gasteiger charge is -2.34. The van der Waals surface area contributed by atoms with Crippen LogP contribution in [0.3, 0.4) is 0 Å². The third-order valence-electron chi connectivity index (χ3n) is 2.37. The first-order valence-corrected chi connectivity index (χ1v) is 5.82. The smallest absolute Gasteiger partial charge is 0.0849 e. The van der Waals surface area contributed by atoms with Crippen molar-refractivity contribution in [3.63, 3.8) is 0 Å². The molecule has 0 saturated carbocycles. The molecule has 0 aromatic heterocycles. The number of hydrogen-bond donors (Lipinski definition) is 0. The molecule has 12 heavy (non-hydrogen) atoms. The predicted molar refractivity (Wildman–Crippen MR) is 54.3 cm³/mol. The second kappa shape index (κ2) is 5.10. The minimum atomic E-state index is 0.455. The third kappa shape index (κ3) is 2.96. The lowest BCUT2D eigenvalue weighted by Crippen LogP contribution is -2.42. The summed E-state index contributed by atoms with van der Waals surface area (Å²) in [5.74, 6) is 0. The fourth-order valence-electron chi connectivity index (χ4n) is 1.65. The Labute approximate surface area is 79.9 Å². The molecular weight excluding hydrogens is 170 g/mol. The molecule has 0 radical (unpaired) electrons. The Morgan fingerprint density at radius 2 is 2.25 bits per heavy atom. The van der Waals surface area contributed by atoms with Crippen LogP contribution in [0.1, 0.15) is 26.7 Å². The van der Waals surface area contributed by atoms with Crippen molar-refractivity contribution in [3.8, 4) is 0 Å². The van der Waals surface area contributed by atoms with Gasteiger partial charge in [-0.25, -0.2) is 0 Å². The molecule has 0 N–H and O–H groups in total. The summed E-state index contributed by atoms with van der Waals surface area (Å²) in [5, 5.41) is 0. The topological polar surface area (TPSA) is 12.5 Å². The second-order valence-electron chi connectivity index (χ2n) is 3.62. The highest BCUT2D eigenvalue weighted by Gasteiger charge is 2.21. The van der Waals surface area contributed by atoms with Crippen LogP contribution in [0.25, 0.3) is 0 Å². The summed E-state index contributed by atoms with van der Waals surface area (Å²) in [7, 11) is 0. The summed E-state index contributed by atoms with van der Waals surface area (Å²) in [4.78, 5) is 2.49. The van der Waals surface area contributed by atoms with Crippen LogP contribution < -0.4 is 0 Å². The average molecular weight is 189 g/mol. The van der Waals surface area contributed by atoms with Crippen molar-refractivity contribution in [3.05, 3.63) is 0 Å². The van der Waals surface area contributed by atoms with Gasteiger partial charge in [0.05, 0.1) is 6.10 Å². The normalized spacial score (nSPS) is 26.5. The highest BCUT2D eigenvalue weighted by atomic mass is 32.2. The van der Waals surface area contributed by atoms with E-state index in [1.54, 1.807) is 0 Å². The van der Waals surface area contributed by atoms with Crippen LogP contribution in [0.4, 0.5) is 0 Å². The van der Waals surface area contributed by atoms with Gasteiger partial charge in [-0.1, -0.05) is 0 Å². The van der Waals surface area contributed by atoms with Crippen molar-refractivity contribution in [1.29, 1.82) is 0 Å². The van der Waals surface area contributed by atoms with E-state index < -0.39 is 0 Å². The predicted octanol–water partition coefficient (Wildman–Crippen LogP) is 2.15. The van der Waals surface area contributed by atoms with Crippen LogP contribution >= 0.6 is 12.0 Å². The van der Waals surface area contributed by atoms with Gasteiger partial charge in [0.2, 0.25) is 0 Å². The molecule has 1 atom stereocenters. The average Bonchev–Trinajstić information content (AvgIpc) is 2.05. The van der Waals surface area contributed by atoms with E-state index in [9.17, 15) is 0 Å². The Kier molecular flexibility index (Phi) is 4.40. The van der Waals surface area contributed by atoms with E-state index in [0.717, 1.165) is 6.54 Å². The Balaban J connectivity index is 2.30. The van der Waals surface area contributed by atoms with Gasteiger partial charge >= 0.3 is 0 Å².